The van der Waals surface area contributed by atoms with Gasteiger partial charge in [-0.1, -0.05) is 57.2 Å². The number of hydrogen-bond donors (Lipinski definition) is 1. The molecule has 0 aliphatic carbocycles. The van der Waals surface area contributed by atoms with E-state index in [2.05, 4.69) is 20.8 Å². The summed E-state index contributed by atoms with van der Waals surface area (Å²) in [6.07, 6.45) is 1.34. The van der Waals surface area contributed by atoms with Gasteiger partial charge in [-0.05, 0) is 28.2 Å². The standard InChI is InChI=1S/C18H20O2/c1-18(2,3)16-10-14(17(20)15(11-16)12-19)9-13-7-5-4-6-8-13/h4-8,10-12,20H,9H2,1-3H3. The Balaban J connectivity index is 2.49. The number of phenolic OH excluding ortho intramolecular Hbond substituents is 1. The lowest BCUT2D eigenvalue weighted by Crippen LogP contribution is -2.12. The van der Waals surface area contributed by atoms with Gasteiger partial charge in [-0.15, -0.1) is 0 Å². The summed E-state index contributed by atoms with van der Waals surface area (Å²) in [7, 11) is 0. The second-order valence-electron chi connectivity index (χ2n) is 6.10. The topological polar surface area (TPSA) is 37.3 Å². The SMILES string of the molecule is CC(C)(C)c1cc(C=O)c(O)c(Cc2ccccc2)c1. The fourth-order valence-corrected chi connectivity index (χ4v) is 2.19. The van der Waals surface area contributed by atoms with Gasteiger partial charge in [-0.25, -0.2) is 0 Å². The van der Waals surface area contributed by atoms with Gasteiger partial charge in [0.1, 0.15) is 5.75 Å². The van der Waals surface area contributed by atoms with Crippen LogP contribution in [0.1, 0.15) is 47.8 Å². The van der Waals surface area contributed by atoms with Gasteiger partial charge >= 0.3 is 0 Å². The highest BCUT2D eigenvalue weighted by Gasteiger charge is 2.18. The quantitative estimate of drug-likeness (QED) is 0.851. The molecule has 0 bridgehead atoms. The van der Waals surface area contributed by atoms with Crippen LogP contribution >= 0.6 is 0 Å². The molecule has 0 saturated heterocycles. The first kappa shape index (κ1) is 14.3. The summed E-state index contributed by atoms with van der Waals surface area (Å²) in [5.41, 5.74) is 3.28. The van der Waals surface area contributed by atoms with Crippen LogP contribution in [0.2, 0.25) is 0 Å². The number of hydrogen-bond acceptors (Lipinski definition) is 2. The van der Waals surface area contributed by atoms with Gasteiger partial charge in [0.2, 0.25) is 0 Å². The van der Waals surface area contributed by atoms with Gasteiger partial charge < -0.3 is 5.11 Å². The molecule has 2 rings (SSSR count). The summed E-state index contributed by atoms with van der Waals surface area (Å²) in [6.45, 7) is 6.29. The van der Waals surface area contributed by atoms with E-state index >= 15 is 0 Å². The first-order valence-electron chi connectivity index (χ1n) is 6.77. The fraction of sp³-hybridized carbons (Fsp3) is 0.278. The van der Waals surface area contributed by atoms with Crippen LogP contribution in [0.4, 0.5) is 0 Å². The lowest BCUT2D eigenvalue weighted by Gasteiger charge is -2.21. The van der Waals surface area contributed by atoms with E-state index in [-0.39, 0.29) is 11.2 Å². The van der Waals surface area contributed by atoms with Crippen LogP contribution in [0.3, 0.4) is 0 Å². The minimum absolute atomic E-state index is 0.0586. The van der Waals surface area contributed by atoms with Crippen molar-refractivity contribution in [3.05, 3.63) is 64.7 Å². The van der Waals surface area contributed by atoms with Crippen molar-refractivity contribution in [2.45, 2.75) is 32.6 Å². The van der Waals surface area contributed by atoms with Crippen molar-refractivity contribution in [3.8, 4) is 5.75 Å². The van der Waals surface area contributed by atoms with E-state index in [1.54, 1.807) is 6.07 Å². The Morgan fingerprint density at radius 3 is 2.30 bits per heavy atom. The highest BCUT2D eigenvalue weighted by Crippen LogP contribution is 2.31. The van der Waals surface area contributed by atoms with Gasteiger partial charge in [0.25, 0.3) is 0 Å². The second-order valence-corrected chi connectivity index (χ2v) is 6.10. The summed E-state index contributed by atoms with van der Waals surface area (Å²) in [5.74, 6) is 0.0943. The molecule has 0 unspecified atom stereocenters. The van der Waals surface area contributed by atoms with E-state index < -0.39 is 0 Å². The Hall–Kier alpha value is -2.09. The number of aromatic hydroxyl groups is 1. The van der Waals surface area contributed by atoms with Gasteiger partial charge in [0.15, 0.2) is 6.29 Å². The number of aldehydes is 1. The molecule has 2 nitrogen and oxygen atoms in total. The van der Waals surface area contributed by atoms with Gasteiger partial charge in [-0.3, -0.25) is 4.79 Å². The number of benzene rings is 2. The minimum Gasteiger partial charge on any atom is -0.507 e. The van der Waals surface area contributed by atoms with Gasteiger partial charge in [0, 0.05) is 6.42 Å². The first-order chi connectivity index (χ1) is 9.41. The van der Waals surface area contributed by atoms with E-state index in [1.165, 1.54) is 0 Å². The number of carbonyl (C=O) groups excluding carboxylic acids is 1. The Morgan fingerprint density at radius 2 is 1.75 bits per heavy atom. The molecule has 104 valence electrons. The van der Waals surface area contributed by atoms with Crippen molar-refractivity contribution in [2.75, 3.05) is 0 Å². The Kier molecular flexibility index (Phi) is 3.93. The third kappa shape index (κ3) is 3.08. The predicted octanol–water partition coefficient (Wildman–Crippen LogP) is 4.09. The molecule has 20 heavy (non-hydrogen) atoms. The summed E-state index contributed by atoms with van der Waals surface area (Å²) in [4.78, 5) is 11.2. The molecule has 0 amide bonds. The third-order valence-corrected chi connectivity index (χ3v) is 3.45. The van der Waals surface area contributed by atoms with Crippen molar-refractivity contribution >= 4 is 6.29 Å². The van der Waals surface area contributed by atoms with Crippen LogP contribution in [0.15, 0.2) is 42.5 Å². The van der Waals surface area contributed by atoms with Crippen LogP contribution in [-0.4, -0.2) is 11.4 Å². The van der Waals surface area contributed by atoms with Crippen LogP contribution in [-0.2, 0) is 11.8 Å². The van der Waals surface area contributed by atoms with Crippen LogP contribution in [0, 0.1) is 0 Å². The normalized spacial score (nSPS) is 11.3. The molecule has 0 spiro atoms. The molecule has 0 heterocycles. The van der Waals surface area contributed by atoms with Crippen molar-refractivity contribution in [2.24, 2.45) is 0 Å². The molecule has 1 N–H and O–H groups in total. The highest BCUT2D eigenvalue weighted by molar-refractivity contribution is 5.80. The van der Waals surface area contributed by atoms with E-state index in [9.17, 15) is 9.90 Å². The molecule has 0 aromatic heterocycles. The predicted molar refractivity (Wildman–Crippen MR) is 81.4 cm³/mol. The largest absolute Gasteiger partial charge is 0.507 e. The highest BCUT2D eigenvalue weighted by atomic mass is 16.3. The van der Waals surface area contributed by atoms with Crippen molar-refractivity contribution in [3.63, 3.8) is 0 Å². The smallest absolute Gasteiger partial charge is 0.153 e. The summed E-state index contributed by atoms with van der Waals surface area (Å²) >= 11 is 0. The lowest BCUT2D eigenvalue weighted by molar-refractivity contribution is 0.112. The first-order valence-corrected chi connectivity index (χ1v) is 6.77. The van der Waals surface area contributed by atoms with Crippen LogP contribution in [0.5, 0.6) is 5.75 Å². The molecule has 2 heteroatoms. The number of carbonyl (C=O) groups is 1. The zero-order valence-electron chi connectivity index (χ0n) is 12.2. The molecule has 2 aromatic rings. The molecule has 0 atom stereocenters. The zero-order chi connectivity index (χ0) is 14.8. The van der Waals surface area contributed by atoms with Crippen LogP contribution in [0.25, 0.3) is 0 Å². The average Bonchev–Trinajstić information content (AvgIpc) is 2.41. The average molecular weight is 268 g/mol. The molecular formula is C18H20O2. The van der Waals surface area contributed by atoms with Crippen LogP contribution < -0.4 is 0 Å². The van der Waals surface area contributed by atoms with Gasteiger partial charge in [0.05, 0.1) is 5.56 Å². The lowest BCUT2D eigenvalue weighted by atomic mass is 9.84. The van der Waals surface area contributed by atoms with E-state index in [0.717, 1.165) is 23.0 Å². The third-order valence-electron chi connectivity index (χ3n) is 3.45. The Bertz CT molecular complexity index is 607. The summed E-state index contributed by atoms with van der Waals surface area (Å²) < 4.78 is 0. The maximum atomic E-state index is 11.2. The summed E-state index contributed by atoms with van der Waals surface area (Å²) in [6, 6.07) is 13.7. The van der Waals surface area contributed by atoms with Gasteiger partial charge in [-0.2, -0.15) is 0 Å². The second kappa shape index (κ2) is 5.49. The maximum Gasteiger partial charge on any atom is 0.153 e. The van der Waals surface area contributed by atoms with E-state index in [4.69, 9.17) is 0 Å². The number of rotatable bonds is 3. The summed E-state index contributed by atoms with van der Waals surface area (Å²) in [5, 5.41) is 10.2. The Morgan fingerprint density at radius 1 is 1.10 bits per heavy atom. The Labute approximate surface area is 120 Å². The molecule has 0 aliphatic rings. The molecule has 2 aromatic carbocycles. The molecule has 0 saturated carbocycles. The van der Waals surface area contributed by atoms with Crippen molar-refractivity contribution in [1.29, 1.82) is 0 Å². The monoisotopic (exact) mass is 268 g/mol. The minimum atomic E-state index is -0.0586. The van der Waals surface area contributed by atoms with Crippen molar-refractivity contribution < 1.29 is 9.90 Å². The zero-order valence-corrected chi connectivity index (χ0v) is 12.2. The van der Waals surface area contributed by atoms with Crippen molar-refractivity contribution in [1.82, 2.24) is 0 Å². The number of phenols is 1. The fourth-order valence-electron chi connectivity index (χ4n) is 2.19. The van der Waals surface area contributed by atoms with E-state index in [0.29, 0.717) is 12.0 Å². The molecule has 0 fully saturated rings. The molecular weight excluding hydrogens is 248 g/mol. The molecule has 0 aliphatic heterocycles. The maximum absolute atomic E-state index is 11.2. The van der Waals surface area contributed by atoms with E-state index in [1.807, 2.05) is 36.4 Å². The molecule has 0 radical (unpaired) electrons.